The zero-order valence-corrected chi connectivity index (χ0v) is 8.26. The minimum atomic E-state index is -1.09. The van der Waals surface area contributed by atoms with E-state index in [0.717, 1.165) is 5.57 Å². The predicted octanol–water partition coefficient (Wildman–Crippen LogP) is 2.58. The van der Waals surface area contributed by atoms with Crippen LogP contribution in [0.1, 0.15) is 27.7 Å². The summed E-state index contributed by atoms with van der Waals surface area (Å²) < 4.78 is 13.2. The molecule has 0 aromatic carbocycles. The van der Waals surface area contributed by atoms with Gasteiger partial charge < -0.3 is 5.73 Å². The summed E-state index contributed by atoms with van der Waals surface area (Å²) in [6.45, 7) is 7.19. The van der Waals surface area contributed by atoms with Gasteiger partial charge in [0.15, 0.2) is 0 Å². The first kappa shape index (κ1) is 11.4. The second-order valence-electron chi connectivity index (χ2n) is 3.61. The fraction of sp³-hybridized carbons (Fsp3) is 0.600. The molecular weight excluding hydrogens is 153 g/mol. The lowest BCUT2D eigenvalue weighted by Crippen LogP contribution is -2.41. The van der Waals surface area contributed by atoms with Crippen LogP contribution in [0.25, 0.3) is 0 Å². The third-order valence-corrected chi connectivity index (χ3v) is 1.69. The smallest absolute Gasteiger partial charge is 0.136 e. The third kappa shape index (κ3) is 4.29. The molecular formula is C10H18FN. The van der Waals surface area contributed by atoms with Gasteiger partial charge in [-0.3, -0.25) is 0 Å². The lowest BCUT2D eigenvalue weighted by molar-refractivity contribution is 0.271. The first-order chi connectivity index (χ1) is 5.38. The molecule has 2 heteroatoms. The Hall–Kier alpha value is -0.630. The van der Waals surface area contributed by atoms with E-state index in [0.29, 0.717) is 0 Å². The lowest BCUT2D eigenvalue weighted by atomic mass is 9.99. The molecule has 0 fully saturated rings. The fourth-order valence-corrected chi connectivity index (χ4v) is 0.580. The number of allylic oxidation sites excluding steroid dienone is 3. The molecule has 1 unspecified atom stereocenters. The molecule has 0 amide bonds. The molecule has 0 bridgehead atoms. The maximum absolute atomic E-state index is 13.2. The van der Waals surface area contributed by atoms with E-state index in [2.05, 4.69) is 0 Å². The first-order valence-corrected chi connectivity index (χ1v) is 4.12. The van der Waals surface area contributed by atoms with E-state index in [4.69, 9.17) is 5.73 Å². The van der Waals surface area contributed by atoms with Gasteiger partial charge in [0.25, 0.3) is 0 Å². The third-order valence-electron chi connectivity index (χ3n) is 1.69. The molecule has 0 aromatic heterocycles. The molecule has 0 aliphatic carbocycles. The molecule has 0 saturated carbocycles. The van der Waals surface area contributed by atoms with Crippen LogP contribution in [0.4, 0.5) is 4.39 Å². The molecule has 0 spiro atoms. The quantitative estimate of drug-likeness (QED) is 0.649. The van der Waals surface area contributed by atoms with Gasteiger partial charge in [-0.05, 0) is 33.8 Å². The Morgan fingerprint density at radius 3 is 2.33 bits per heavy atom. The molecule has 70 valence electrons. The van der Waals surface area contributed by atoms with Gasteiger partial charge in [0, 0.05) is 5.54 Å². The van der Waals surface area contributed by atoms with Crippen molar-refractivity contribution in [3.63, 3.8) is 0 Å². The minimum Gasteiger partial charge on any atom is -0.323 e. The molecule has 2 N–H and O–H groups in total. The van der Waals surface area contributed by atoms with E-state index in [-0.39, 0.29) is 0 Å². The van der Waals surface area contributed by atoms with E-state index in [1.807, 2.05) is 19.9 Å². The van der Waals surface area contributed by atoms with Crippen LogP contribution in [0.2, 0.25) is 0 Å². The number of hydrogen-bond acceptors (Lipinski definition) is 1. The van der Waals surface area contributed by atoms with Gasteiger partial charge in [-0.2, -0.15) is 0 Å². The molecule has 1 nitrogen and oxygen atoms in total. The molecule has 0 radical (unpaired) electrons. The van der Waals surface area contributed by atoms with Crippen molar-refractivity contribution >= 4 is 0 Å². The van der Waals surface area contributed by atoms with Crippen molar-refractivity contribution in [1.82, 2.24) is 0 Å². The lowest BCUT2D eigenvalue weighted by Gasteiger charge is -2.20. The zero-order chi connectivity index (χ0) is 9.78. The van der Waals surface area contributed by atoms with Crippen molar-refractivity contribution in [1.29, 1.82) is 0 Å². The summed E-state index contributed by atoms with van der Waals surface area (Å²) in [7, 11) is 0. The van der Waals surface area contributed by atoms with Crippen LogP contribution in [0.3, 0.4) is 0 Å². The van der Waals surface area contributed by atoms with Gasteiger partial charge in [0.05, 0.1) is 0 Å². The molecule has 1 atom stereocenters. The van der Waals surface area contributed by atoms with Crippen LogP contribution in [-0.4, -0.2) is 11.7 Å². The van der Waals surface area contributed by atoms with E-state index in [1.54, 1.807) is 19.9 Å². The average molecular weight is 171 g/mol. The highest BCUT2D eigenvalue weighted by atomic mass is 19.1. The SMILES string of the molecule is C/C=C(C)\C=C/C(F)C(C)(C)N. The Balaban J connectivity index is 4.18. The summed E-state index contributed by atoms with van der Waals surface area (Å²) in [5.74, 6) is 0. The van der Waals surface area contributed by atoms with Gasteiger partial charge in [-0.1, -0.05) is 17.7 Å². The van der Waals surface area contributed by atoms with Crippen LogP contribution in [0, 0.1) is 0 Å². The van der Waals surface area contributed by atoms with E-state index >= 15 is 0 Å². The van der Waals surface area contributed by atoms with Crippen molar-refractivity contribution in [3.05, 3.63) is 23.8 Å². The summed E-state index contributed by atoms with van der Waals surface area (Å²) in [5, 5.41) is 0. The normalized spacial score (nSPS) is 17.0. The highest BCUT2D eigenvalue weighted by Crippen LogP contribution is 2.11. The Morgan fingerprint density at radius 2 is 2.00 bits per heavy atom. The van der Waals surface area contributed by atoms with Crippen LogP contribution < -0.4 is 5.73 Å². The average Bonchev–Trinajstić information content (AvgIpc) is 1.97. The largest absolute Gasteiger partial charge is 0.323 e. The zero-order valence-electron chi connectivity index (χ0n) is 8.26. The summed E-state index contributed by atoms with van der Waals surface area (Å²) in [6.07, 6.45) is 4.08. The van der Waals surface area contributed by atoms with Crippen molar-refractivity contribution < 1.29 is 4.39 Å². The van der Waals surface area contributed by atoms with E-state index in [1.165, 1.54) is 6.08 Å². The summed E-state index contributed by atoms with van der Waals surface area (Å²) in [6, 6.07) is 0. The topological polar surface area (TPSA) is 26.0 Å². The van der Waals surface area contributed by atoms with Crippen LogP contribution in [-0.2, 0) is 0 Å². The number of alkyl halides is 1. The molecule has 0 aliphatic heterocycles. The van der Waals surface area contributed by atoms with Gasteiger partial charge in [0.2, 0.25) is 0 Å². The van der Waals surface area contributed by atoms with Crippen molar-refractivity contribution in [2.24, 2.45) is 5.73 Å². The summed E-state index contributed by atoms with van der Waals surface area (Å²) in [5.41, 5.74) is 5.82. The first-order valence-electron chi connectivity index (χ1n) is 4.12. The van der Waals surface area contributed by atoms with Crippen molar-refractivity contribution in [2.75, 3.05) is 0 Å². The standard InChI is InChI=1S/C10H18FN/c1-5-8(2)6-7-9(11)10(3,4)12/h5-7,9H,12H2,1-4H3/b7-6-,8-5-. The van der Waals surface area contributed by atoms with E-state index < -0.39 is 11.7 Å². The molecule has 0 saturated heterocycles. The number of halogens is 1. The Morgan fingerprint density at radius 1 is 1.50 bits per heavy atom. The van der Waals surface area contributed by atoms with Gasteiger partial charge >= 0.3 is 0 Å². The van der Waals surface area contributed by atoms with Gasteiger partial charge in [-0.25, -0.2) is 4.39 Å². The van der Waals surface area contributed by atoms with Crippen molar-refractivity contribution in [3.8, 4) is 0 Å². The Bertz CT molecular complexity index is 187. The molecule has 0 rings (SSSR count). The molecule has 12 heavy (non-hydrogen) atoms. The second kappa shape index (κ2) is 4.41. The summed E-state index contributed by atoms with van der Waals surface area (Å²) >= 11 is 0. The van der Waals surface area contributed by atoms with Crippen LogP contribution >= 0.6 is 0 Å². The van der Waals surface area contributed by atoms with Crippen molar-refractivity contribution in [2.45, 2.75) is 39.4 Å². The number of nitrogens with two attached hydrogens (primary N) is 1. The monoisotopic (exact) mass is 171 g/mol. The van der Waals surface area contributed by atoms with Crippen LogP contribution in [0.5, 0.6) is 0 Å². The number of rotatable bonds is 3. The Labute approximate surface area is 74.1 Å². The highest BCUT2D eigenvalue weighted by Gasteiger charge is 2.21. The van der Waals surface area contributed by atoms with Crippen LogP contribution in [0.15, 0.2) is 23.8 Å². The summed E-state index contributed by atoms with van der Waals surface area (Å²) in [4.78, 5) is 0. The molecule has 0 aliphatic rings. The second-order valence-corrected chi connectivity index (χ2v) is 3.61. The Kier molecular flexibility index (Phi) is 4.18. The van der Waals surface area contributed by atoms with E-state index in [9.17, 15) is 4.39 Å². The predicted molar refractivity (Wildman–Crippen MR) is 51.7 cm³/mol. The molecule has 0 heterocycles. The maximum Gasteiger partial charge on any atom is 0.136 e. The number of hydrogen-bond donors (Lipinski definition) is 1. The minimum absolute atomic E-state index is 0.787. The maximum atomic E-state index is 13.2. The van der Waals surface area contributed by atoms with Gasteiger partial charge in [0.1, 0.15) is 6.17 Å². The fourth-order valence-electron chi connectivity index (χ4n) is 0.580. The highest BCUT2D eigenvalue weighted by molar-refractivity contribution is 5.17. The van der Waals surface area contributed by atoms with Gasteiger partial charge in [-0.15, -0.1) is 0 Å². The molecule has 0 aromatic rings.